The van der Waals surface area contributed by atoms with E-state index in [4.69, 9.17) is 4.74 Å². The number of hydrogen-bond donors (Lipinski definition) is 1. The molecular weight excluding hydrogens is 276 g/mol. The van der Waals surface area contributed by atoms with Crippen molar-refractivity contribution in [3.63, 3.8) is 0 Å². The van der Waals surface area contributed by atoms with Gasteiger partial charge in [0.2, 0.25) is 0 Å². The first-order chi connectivity index (χ1) is 10.6. The van der Waals surface area contributed by atoms with Crippen LogP contribution in [-0.2, 0) is 0 Å². The van der Waals surface area contributed by atoms with E-state index in [1.807, 2.05) is 32.0 Å². The normalized spacial score (nSPS) is 18.3. The van der Waals surface area contributed by atoms with Crippen molar-refractivity contribution >= 4 is 11.5 Å². The average molecular weight is 304 g/mol. The van der Waals surface area contributed by atoms with Gasteiger partial charge in [0.05, 0.1) is 18.3 Å². The zero-order chi connectivity index (χ0) is 16.1. The molecule has 2 rings (SSSR count). The summed E-state index contributed by atoms with van der Waals surface area (Å²) in [5.41, 5.74) is 1.68. The first-order valence-electron chi connectivity index (χ1n) is 8.39. The molecule has 2 atom stereocenters. The van der Waals surface area contributed by atoms with Crippen LogP contribution in [-0.4, -0.2) is 42.5 Å². The lowest BCUT2D eigenvalue weighted by Gasteiger charge is -2.28. The molecule has 4 heteroatoms. The van der Waals surface area contributed by atoms with Gasteiger partial charge >= 0.3 is 0 Å². The van der Waals surface area contributed by atoms with Gasteiger partial charge in [0.25, 0.3) is 0 Å². The Morgan fingerprint density at radius 3 is 2.68 bits per heavy atom. The third kappa shape index (κ3) is 3.80. The molecule has 0 aliphatic carbocycles. The summed E-state index contributed by atoms with van der Waals surface area (Å²) >= 11 is 0. The monoisotopic (exact) mass is 304 g/mol. The number of ketones is 1. The maximum Gasteiger partial charge on any atom is 0.179 e. The topological polar surface area (TPSA) is 41.6 Å². The third-order valence-electron chi connectivity index (χ3n) is 4.12. The molecule has 1 N–H and O–H groups in total. The molecule has 1 heterocycles. The van der Waals surface area contributed by atoms with Gasteiger partial charge in [0, 0.05) is 5.56 Å². The number of carbonyl (C=O) groups excluding carboxylic acids is 1. The molecule has 0 radical (unpaired) electrons. The summed E-state index contributed by atoms with van der Waals surface area (Å²) in [6.07, 6.45) is 2.29. The number of nitrogens with one attached hydrogen (secondary N) is 1. The lowest BCUT2D eigenvalue weighted by molar-refractivity contribution is 0.0838. The fourth-order valence-corrected chi connectivity index (χ4v) is 2.92. The Kier molecular flexibility index (Phi) is 5.83. The Morgan fingerprint density at radius 2 is 2.05 bits per heavy atom. The molecule has 1 aromatic carbocycles. The quantitative estimate of drug-likeness (QED) is 0.782. The summed E-state index contributed by atoms with van der Waals surface area (Å²) in [4.78, 5) is 15.0. The third-order valence-corrected chi connectivity index (χ3v) is 4.12. The van der Waals surface area contributed by atoms with Gasteiger partial charge < -0.3 is 10.1 Å². The van der Waals surface area contributed by atoms with E-state index in [2.05, 4.69) is 24.1 Å². The number of nitrogens with zero attached hydrogens (tertiary/aromatic N) is 1. The Morgan fingerprint density at radius 1 is 1.36 bits per heavy atom. The van der Waals surface area contributed by atoms with Crippen LogP contribution >= 0.6 is 0 Å². The number of fused-ring (bicyclic) bond motifs is 1. The first kappa shape index (κ1) is 16.8. The van der Waals surface area contributed by atoms with E-state index in [1.165, 1.54) is 0 Å². The van der Waals surface area contributed by atoms with Gasteiger partial charge in [-0.3, -0.25) is 9.69 Å². The van der Waals surface area contributed by atoms with E-state index >= 15 is 0 Å². The van der Waals surface area contributed by atoms with Crippen LogP contribution in [0.25, 0.3) is 0 Å². The van der Waals surface area contributed by atoms with Crippen molar-refractivity contribution in [2.45, 2.75) is 52.7 Å². The predicted molar refractivity (Wildman–Crippen MR) is 91.0 cm³/mol. The number of carbonyl (C=O) groups is 1. The molecule has 0 bridgehead atoms. The molecule has 0 saturated carbocycles. The van der Waals surface area contributed by atoms with Crippen molar-refractivity contribution in [2.24, 2.45) is 0 Å². The molecule has 122 valence electrons. The molecule has 2 unspecified atom stereocenters. The number of hydrogen-bond acceptors (Lipinski definition) is 4. The highest BCUT2D eigenvalue weighted by Gasteiger charge is 2.23. The van der Waals surface area contributed by atoms with Gasteiger partial charge in [-0.05, 0) is 58.0 Å². The second kappa shape index (κ2) is 7.63. The number of Topliss-reactive ketones (excluding diaryl/α,β-unsaturated/α-hetero) is 1. The summed E-state index contributed by atoms with van der Waals surface area (Å²) in [6.45, 7) is 11.1. The minimum atomic E-state index is -0.0821. The highest BCUT2D eigenvalue weighted by atomic mass is 16.5. The fraction of sp³-hybridized carbons (Fsp3) is 0.611. The largest absolute Gasteiger partial charge is 0.487 e. The van der Waals surface area contributed by atoms with E-state index < -0.39 is 0 Å². The molecule has 1 aliphatic heterocycles. The predicted octanol–water partition coefficient (Wildman–Crippen LogP) is 3.57. The lowest BCUT2D eigenvalue weighted by atomic mass is 10.0. The van der Waals surface area contributed by atoms with Crippen molar-refractivity contribution in [2.75, 3.05) is 25.0 Å². The summed E-state index contributed by atoms with van der Waals surface area (Å²) < 4.78 is 5.77. The standard InChI is InChI=1S/C18H28N2O2/c1-5-9-20(10-6-2)14(4)18(21)15-7-8-17-16(11-15)19-12-13(3)22-17/h7-8,11,13-14,19H,5-6,9-10,12H2,1-4H3. The van der Waals surface area contributed by atoms with Crippen LogP contribution in [0.15, 0.2) is 18.2 Å². The maximum absolute atomic E-state index is 12.8. The molecule has 22 heavy (non-hydrogen) atoms. The Balaban J connectivity index is 2.14. The molecule has 1 aromatic rings. The summed E-state index contributed by atoms with van der Waals surface area (Å²) in [5.74, 6) is 1.02. The highest BCUT2D eigenvalue weighted by molar-refractivity contribution is 6.01. The Bertz CT molecular complexity index is 510. The van der Waals surface area contributed by atoms with E-state index in [-0.39, 0.29) is 17.9 Å². The smallest absolute Gasteiger partial charge is 0.179 e. The fourth-order valence-electron chi connectivity index (χ4n) is 2.92. The van der Waals surface area contributed by atoms with Crippen LogP contribution in [0, 0.1) is 0 Å². The molecular formula is C18H28N2O2. The molecule has 0 spiro atoms. The lowest BCUT2D eigenvalue weighted by Crippen LogP contribution is -2.40. The summed E-state index contributed by atoms with van der Waals surface area (Å²) in [5, 5.41) is 3.34. The van der Waals surface area contributed by atoms with Crippen LogP contribution in [0.2, 0.25) is 0 Å². The second-order valence-corrected chi connectivity index (χ2v) is 6.10. The second-order valence-electron chi connectivity index (χ2n) is 6.10. The minimum Gasteiger partial charge on any atom is -0.487 e. The van der Waals surface area contributed by atoms with E-state index in [0.717, 1.165) is 49.5 Å². The molecule has 0 fully saturated rings. The van der Waals surface area contributed by atoms with Crippen LogP contribution in [0.4, 0.5) is 5.69 Å². The van der Waals surface area contributed by atoms with Crippen molar-refractivity contribution in [1.82, 2.24) is 4.90 Å². The number of benzene rings is 1. The molecule has 1 aliphatic rings. The Hall–Kier alpha value is -1.55. The van der Waals surface area contributed by atoms with Gasteiger partial charge in [-0.2, -0.15) is 0 Å². The molecule has 0 aromatic heterocycles. The van der Waals surface area contributed by atoms with Crippen molar-refractivity contribution in [3.8, 4) is 5.75 Å². The molecule has 0 saturated heterocycles. The van der Waals surface area contributed by atoms with Gasteiger partial charge in [-0.1, -0.05) is 13.8 Å². The van der Waals surface area contributed by atoms with Crippen molar-refractivity contribution in [3.05, 3.63) is 23.8 Å². The van der Waals surface area contributed by atoms with Gasteiger partial charge in [-0.15, -0.1) is 0 Å². The number of ether oxygens (including phenoxy) is 1. The van der Waals surface area contributed by atoms with E-state index in [0.29, 0.717) is 0 Å². The van der Waals surface area contributed by atoms with E-state index in [1.54, 1.807) is 0 Å². The van der Waals surface area contributed by atoms with Gasteiger partial charge in [0.1, 0.15) is 11.9 Å². The van der Waals surface area contributed by atoms with Crippen LogP contribution in [0.5, 0.6) is 5.75 Å². The SMILES string of the molecule is CCCN(CCC)C(C)C(=O)c1ccc2c(c1)NCC(C)O2. The maximum atomic E-state index is 12.8. The summed E-state index contributed by atoms with van der Waals surface area (Å²) in [6, 6.07) is 5.63. The van der Waals surface area contributed by atoms with E-state index in [9.17, 15) is 4.79 Å². The first-order valence-corrected chi connectivity index (χ1v) is 8.39. The van der Waals surface area contributed by atoms with Crippen molar-refractivity contribution < 1.29 is 9.53 Å². The van der Waals surface area contributed by atoms with Gasteiger partial charge in [0.15, 0.2) is 5.78 Å². The minimum absolute atomic E-state index is 0.0821. The molecule has 0 amide bonds. The zero-order valence-electron chi connectivity index (χ0n) is 14.2. The number of rotatable bonds is 7. The van der Waals surface area contributed by atoms with Crippen LogP contribution < -0.4 is 10.1 Å². The van der Waals surface area contributed by atoms with Gasteiger partial charge in [-0.25, -0.2) is 0 Å². The Labute approximate surface area is 133 Å². The van der Waals surface area contributed by atoms with Crippen molar-refractivity contribution in [1.29, 1.82) is 0 Å². The summed E-state index contributed by atoms with van der Waals surface area (Å²) in [7, 11) is 0. The highest BCUT2D eigenvalue weighted by Crippen LogP contribution is 2.30. The zero-order valence-corrected chi connectivity index (χ0v) is 14.2. The van der Waals surface area contributed by atoms with Crippen LogP contribution in [0.3, 0.4) is 0 Å². The number of anilines is 1. The molecule has 4 nitrogen and oxygen atoms in total. The average Bonchev–Trinajstić information content (AvgIpc) is 2.52. The van der Waals surface area contributed by atoms with Crippen LogP contribution in [0.1, 0.15) is 50.9 Å².